The van der Waals surface area contributed by atoms with Crippen LogP contribution in [0.3, 0.4) is 0 Å². The predicted molar refractivity (Wildman–Crippen MR) is 121 cm³/mol. The lowest BCUT2D eigenvalue weighted by Gasteiger charge is -2.22. The molecule has 5 heteroatoms. The highest BCUT2D eigenvalue weighted by atomic mass is 16.5. The molecule has 6 atom stereocenters. The number of ether oxygens (including phenoxy) is 2. The summed E-state index contributed by atoms with van der Waals surface area (Å²) in [6.07, 6.45) is 9.30. The van der Waals surface area contributed by atoms with Gasteiger partial charge in [-0.15, -0.1) is 0 Å². The van der Waals surface area contributed by atoms with Gasteiger partial charge >= 0.3 is 5.97 Å². The summed E-state index contributed by atoms with van der Waals surface area (Å²) in [5.74, 6) is 0.531. The SMILES string of the molecule is C=C(C[C@@H](C)CO)C[C@@H](CCC)OC(=O)[C@@H](C)CCCC[C@@H]1O[C@@H](CCO)C[C@@H]1C. The zero-order valence-electron chi connectivity index (χ0n) is 19.8. The van der Waals surface area contributed by atoms with E-state index in [1.165, 1.54) is 0 Å². The van der Waals surface area contributed by atoms with Crippen LogP contribution in [0.1, 0.15) is 91.9 Å². The molecule has 176 valence electrons. The van der Waals surface area contributed by atoms with E-state index in [0.717, 1.165) is 63.4 Å². The van der Waals surface area contributed by atoms with E-state index in [4.69, 9.17) is 14.6 Å². The number of aliphatic hydroxyl groups excluding tert-OH is 2. The van der Waals surface area contributed by atoms with E-state index in [0.29, 0.717) is 12.3 Å². The number of carbonyl (C=O) groups excluding carboxylic acids is 1. The van der Waals surface area contributed by atoms with Crippen molar-refractivity contribution in [2.24, 2.45) is 17.8 Å². The van der Waals surface area contributed by atoms with E-state index in [1.807, 2.05) is 13.8 Å². The van der Waals surface area contributed by atoms with E-state index in [9.17, 15) is 9.90 Å². The number of hydrogen-bond donors (Lipinski definition) is 2. The summed E-state index contributed by atoms with van der Waals surface area (Å²) in [7, 11) is 0. The van der Waals surface area contributed by atoms with Crippen LogP contribution in [0.2, 0.25) is 0 Å². The third-order valence-electron chi connectivity index (χ3n) is 6.22. The predicted octanol–water partition coefficient (Wildman–Crippen LogP) is 5.04. The maximum atomic E-state index is 12.6. The highest BCUT2D eigenvalue weighted by Gasteiger charge is 2.31. The average Bonchev–Trinajstić information content (AvgIpc) is 3.04. The molecular weight excluding hydrogens is 380 g/mol. The number of aliphatic hydroxyl groups is 2. The van der Waals surface area contributed by atoms with Crippen molar-refractivity contribution < 1.29 is 24.5 Å². The zero-order chi connectivity index (χ0) is 22.5. The molecule has 1 aliphatic rings. The second kappa shape index (κ2) is 15.0. The first-order valence-corrected chi connectivity index (χ1v) is 12.0. The van der Waals surface area contributed by atoms with Gasteiger partial charge in [-0.25, -0.2) is 0 Å². The van der Waals surface area contributed by atoms with E-state index in [2.05, 4.69) is 20.4 Å². The molecule has 1 fully saturated rings. The van der Waals surface area contributed by atoms with Crippen LogP contribution >= 0.6 is 0 Å². The summed E-state index contributed by atoms with van der Waals surface area (Å²) < 4.78 is 11.9. The van der Waals surface area contributed by atoms with Crippen molar-refractivity contribution in [1.29, 1.82) is 0 Å². The van der Waals surface area contributed by atoms with Crippen molar-refractivity contribution >= 4 is 5.97 Å². The van der Waals surface area contributed by atoms with Crippen LogP contribution in [0, 0.1) is 17.8 Å². The quantitative estimate of drug-likeness (QED) is 0.205. The lowest BCUT2D eigenvalue weighted by molar-refractivity contribution is -0.154. The number of rotatable bonds is 16. The maximum absolute atomic E-state index is 12.6. The third-order valence-corrected chi connectivity index (χ3v) is 6.22. The fourth-order valence-corrected chi connectivity index (χ4v) is 4.37. The van der Waals surface area contributed by atoms with Crippen molar-refractivity contribution in [1.82, 2.24) is 0 Å². The van der Waals surface area contributed by atoms with Gasteiger partial charge in [0.15, 0.2) is 0 Å². The first kappa shape index (κ1) is 27.1. The Kier molecular flexibility index (Phi) is 13.5. The molecule has 0 unspecified atom stereocenters. The van der Waals surface area contributed by atoms with Gasteiger partial charge in [-0.05, 0) is 50.4 Å². The molecule has 0 amide bonds. The minimum absolute atomic E-state index is 0.0990. The molecule has 0 radical (unpaired) electrons. The molecule has 30 heavy (non-hydrogen) atoms. The van der Waals surface area contributed by atoms with Crippen LogP contribution in [-0.4, -0.2) is 47.7 Å². The normalized spacial score (nSPS) is 24.4. The summed E-state index contributed by atoms with van der Waals surface area (Å²) in [5.41, 5.74) is 1.04. The summed E-state index contributed by atoms with van der Waals surface area (Å²) in [4.78, 5) is 12.6. The second-order valence-corrected chi connectivity index (χ2v) is 9.50. The van der Waals surface area contributed by atoms with Crippen LogP contribution in [-0.2, 0) is 14.3 Å². The first-order valence-electron chi connectivity index (χ1n) is 12.0. The van der Waals surface area contributed by atoms with Gasteiger partial charge in [0, 0.05) is 19.6 Å². The number of unbranched alkanes of at least 4 members (excludes halogenated alkanes) is 1. The van der Waals surface area contributed by atoms with E-state index < -0.39 is 0 Å². The molecule has 0 aromatic heterocycles. The van der Waals surface area contributed by atoms with E-state index in [1.54, 1.807) is 0 Å². The standard InChI is InChI=1S/C25H46O5/c1-6-9-22(15-18(2)14-19(3)17-27)30-25(28)20(4)10-7-8-11-24-21(5)16-23(29-24)12-13-26/h19-24,26-27H,2,6-17H2,1,3-5H3/t19-,20+,21+,22-,23+,24+/m1/s1. The van der Waals surface area contributed by atoms with Crippen molar-refractivity contribution in [2.45, 2.75) is 110 Å². The van der Waals surface area contributed by atoms with Gasteiger partial charge in [-0.2, -0.15) is 0 Å². The maximum Gasteiger partial charge on any atom is 0.308 e. The Hall–Kier alpha value is -0.910. The fraction of sp³-hybridized carbons (Fsp3) is 0.880. The lowest BCUT2D eigenvalue weighted by atomic mass is 9.95. The minimum atomic E-state index is -0.112. The number of esters is 1. The average molecular weight is 427 g/mol. The van der Waals surface area contributed by atoms with Gasteiger partial charge in [0.05, 0.1) is 18.1 Å². The van der Waals surface area contributed by atoms with E-state index in [-0.39, 0.29) is 49.3 Å². The molecule has 2 N–H and O–H groups in total. The van der Waals surface area contributed by atoms with Crippen LogP contribution in [0.25, 0.3) is 0 Å². The lowest BCUT2D eigenvalue weighted by Crippen LogP contribution is -2.24. The summed E-state index contributed by atoms with van der Waals surface area (Å²) in [6.45, 7) is 12.7. The van der Waals surface area contributed by atoms with Gasteiger partial charge in [0.1, 0.15) is 6.10 Å². The molecule has 0 bridgehead atoms. The first-order chi connectivity index (χ1) is 14.3. The van der Waals surface area contributed by atoms with Crippen molar-refractivity contribution in [3.8, 4) is 0 Å². The Morgan fingerprint density at radius 2 is 1.90 bits per heavy atom. The Labute approximate surface area is 184 Å². The highest BCUT2D eigenvalue weighted by molar-refractivity contribution is 5.72. The summed E-state index contributed by atoms with van der Waals surface area (Å²) >= 11 is 0. The van der Waals surface area contributed by atoms with Crippen molar-refractivity contribution in [3.63, 3.8) is 0 Å². The Morgan fingerprint density at radius 3 is 2.53 bits per heavy atom. The molecule has 1 aliphatic heterocycles. The van der Waals surface area contributed by atoms with Gasteiger partial charge < -0.3 is 19.7 Å². The number of hydrogen-bond acceptors (Lipinski definition) is 5. The van der Waals surface area contributed by atoms with Crippen LogP contribution < -0.4 is 0 Å². The smallest absolute Gasteiger partial charge is 0.308 e. The Balaban J connectivity index is 2.32. The van der Waals surface area contributed by atoms with Gasteiger partial charge in [0.25, 0.3) is 0 Å². The molecule has 1 heterocycles. The van der Waals surface area contributed by atoms with Crippen LogP contribution in [0.5, 0.6) is 0 Å². The molecule has 0 saturated carbocycles. The fourth-order valence-electron chi connectivity index (χ4n) is 4.37. The molecule has 1 saturated heterocycles. The molecular formula is C25H46O5. The van der Waals surface area contributed by atoms with E-state index >= 15 is 0 Å². The largest absolute Gasteiger partial charge is 0.462 e. The molecule has 5 nitrogen and oxygen atoms in total. The topological polar surface area (TPSA) is 76.0 Å². The van der Waals surface area contributed by atoms with Crippen molar-refractivity contribution in [3.05, 3.63) is 12.2 Å². The Morgan fingerprint density at radius 1 is 1.17 bits per heavy atom. The zero-order valence-corrected chi connectivity index (χ0v) is 19.8. The second-order valence-electron chi connectivity index (χ2n) is 9.50. The molecule has 0 aromatic rings. The third kappa shape index (κ3) is 10.4. The molecule has 0 aromatic carbocycles. The van der Waals surface area contributed by atoms with Gasteiger partial charge in [0.2, 0.25) is 0 Å². The van der Waals surface area contributed by atoms with Gasteiger partial charge in [-0.1, -0.05) is 59.1 Å². The summed E-state index contributed by atoms with van der Waals surface area (Å²) in [5, 5.41) is 18.3. The van der Waals surface area contributed by atoms with Crippen LogP contribution in [0.4, 0.5) is 0 Å². The molecule has 1 rings (SSSR count). The van der Waals surface area contributed by atoms with Crippen molar-refractivity contribution in [2.75, 3.05) is 13.2 Å². The summed E-state index contributed by atoms with van der Waals surface area (Å²) in [6, 6.07) is 0. The number of carbonyl (C=O) groups is 1. The van der Waals surface area contributed by atoms with Gasteiger partial charge in [-0.3, -0.25) is 4.79 Å². The minimum Gasteiger partial charge on any atom is -0.462 e. The van der Waals surface area contributed by atoms with Crippen LogP contribution in [0.15, 0.2) is 12.2 Å². The monoisotopic (exact) mass is 426 g/mol. The highest BCUT2D eigenvalue weighted by Crippen LogP contribution is 2.31. The molecule has 0 spiro atoms. The molecule has 0 aliphatic carbocycles. The Bertz CT molecular complexity index is 492.